The van der Waals surface area contributed by atoms with Gasteiger partial charge < -0.3 is 15.1 Å². The summed E-state index contributed by atoms with van der Waals surface area (Å²) in [7, 11) is 0. The van der Waals surface area contributed by atoms with E-state index in [1.54, 1.807) is 33.7 Å². The van der Waals surface area contributed by atoms with Crippen molar-refractivity contribution in [1.82, 2.24) is 29.1 Å². The molecule has 2 atom stereocenters. The zero-order valence-electron chi connectivity index (χ0n) is 27.7. The molecule has 2 aliphatic heterocycles. The summed E-state index contributed by atoms with van der Waals surface area (Å²) < 4.78 is 19.0. The van der Waals surface area contributed by atoms with Gasteiger partial charge in [-0.2, -0.15) is 5.10 Å². The van der Waals surface area contributed by atoms with Crippen molar-refractivity contribution >= 4 is 45.0 Å². The van der Waals surface area contributed by atoms with Crippen LogP contribution in [0, 0.1) is 11.7 Å². The molecule has 1 N–H and O–H groups in total. The summed E-state index contributed by atoms with van der Waals surface area (Å²) in [4.78, 5) is 46.4. The third kappa shape index (κ3) is 6.49. The van der Waals surface area contributed by atoms with Crippen LogP contribution in [-0.2, 0) is 19.6 Å². The number of hydrogen-bond acceptors (Lipinski definition) is 5. The van der Waals surface area contributed by atoms with Gasteiger partial charge in [0.2, 0.25) is 0 Å². The summed E-state index contributed by atoms with van der Waals surface area (Å²) >= 11 is 9.71. The molecule has 1 saturated heterocycles. The third-order valence-electron chi connectivity index (χ3n) is 9.55. The van der Waals surface area contributed by atoms with Gasteiger partial charge in [-0.05, 0) is 95.7 Å². The maximum atomic E-state index is 14.3. The molecule has 0 aliphatic carbocycles. The van der Waals surface area contributed by atoms with Crippen LogP contribution in [0.4, 0.5) is 10.1 Å². The minimum Gasteiger partial charge on any atom is -0.371 e. The van der Waals surface area contributed by atoms with Gasteiger partial charge in [0.25, 0.3) is 11.8 Å². The standard InChI is InChI=1S/C37H36BrClFN7O3/c1-23-6-5-15-43(19-23)28-10-12-29(13-11-28)47-34(35(48)41-17-26-7-3-4-8-32(26)46-21-27(40)18-42-46)33-22-44(24(2)20-45(33)37(47)50)36(49)25-9-14-30(38)31(39)16-25/h3-4,7-14,16,18,21,23-24H,5-6,15,17,19-20,22H2,1-2H3,(H,41,48)/t23-,24-/m0/s1. The number of para-hydroxylation sites is 1. The highest BCUT2D eigenvalue weighted by molar-refractivity contribution is 9.10. The fourth-order valence-corrected chi connectivity index (χ4v) is 7.40. The monoisotopic (exact) mass is 759 g/mol. The summed E-state index contributed by atoms with van der Waals surface area (Å²) in [6, 6.07) is 19.6. The summed E-state index contributed by atoms with van der Waals surface area (Å²) in [6.07, 6.45) is 4.71. The zero-order chi connectivity index (χ0) is 35.1. The second-order valence-electron chi connectivity index (χ2n) is 13.1. The van der Waals surface area contributed by atoms with E-state index in [0.717, 1.165) is 31.4 Å². The van der Waals surface area contributed by atoms with E-state index >= 15 is 0 Å². The van der Waals surface area contributed by atoms with E-state index in [2.05, 4.69) is 38.2 Å². The molecule has 258 valence electrons. The van der Waals surface area contributed by atoms with Crippen LogP contribution in [0.5, 0.6) is 0 Å². The van der Waals surface area contributed by atoms with Crippen LogP contribution in [0.15, 0.2) is 88.4 Å². The number of nitrogens with one attached hydrogen (secondary N) is 1. The van der Waals surface area contributed by atoms with Gasteiger partial charge in [-0.3, -0.25) is 18.7 Å². The Hall–Kier alpha value is -4.68. The Morgan fingerprint density at radius 3 is 2.52 bits per heavy atom. The summed E-state index contributed by atoms with van der Waals surface area (Å²) in [6.45, 7) is 6.39. The minimum absolute atomic E-state index is 0.0333. The predicted molar refractivity (Wildman–Crippen MR) is 194 cm³/mol. The second kappa shape index (κ2) is 13.9. The Morgan fingerprint density at radius 1 is 1.04 bits per heavy atom. The van der Waals surface area contributed by atoms with Crippen LogP contribution < -0.4 is 15.9 Å². The number of imidazole rings is 1. The van der Waals surface area contributed by atoms with Crippen LogP contribution >= 0.6 is 27.5 Å². The van der Waals surface area contributed by atoms with E-state index in [0.29, 0.717) is 43.6 Å². The molecule has 7 rings (SSSR count). The van der Waals surface area contributed by atoms with E-state index in [1.807, 2.05) is 49.4 Å². The molecule has 50 heavy (non-hydrogen) atoms. The lowest BCUT2D eigenvalue weighted by atomic mass is 10.00. The van der Waals surface area contributed by atoms with Crippen molar-refractivity contribution in [3.05, 3.63) is 127 Å². The number of hydrogen-bond donors (Lipinski definition) is 1. The van der Waals surface area contributed by atoms with Gasteiger partial charge in [0.1, 0.15) is 5.69 Å². The maximum absolute atomic E-state index is 14.3. The van der Waals surface area contributed by atoms with Gasteiger partial charge in [-0.25, -0.2) is 13.9 Å². The maximum Gasteiger partial charge on any atom is 0.333 e. The summed E-state index contributed by atoms with van der Waals surface area (Å²) in [5.41, 5.74) is 3.54. The number of nitrogens with zero attached hydrogens (tertiary/aromatic N) is 6. The average molecular weight is 761 g/mol. The van der Waals surface area contributed by atoms with E-state index in [9.17, 15) is 18.8 Å². The summed E-state index contributed by atoms with van der Waals surface area (Å²) in [5.74, 6) is -0.629. The van der Waals surface area contributed by atoms with Crippen LogP contribution in [-0.4, -0.2) is 54.8 Å². The van der Waals surface area contributed by atoms with E-state index in [-0.39, 0.29) is 43.0 Å². The highest BCUT2D eigenvalue weighted by Gasteiger charge is 2.35. The Labute approximate surface area is 302 Å². The van der Waals surface area contributed by atoms with Crippen molar-refractivity contribution in [2.45, 2.75) is 52.4 Å². The van der Waals surface area contributed by atoms with Crippen molar-refractivity contribution in [3.8, 4) is 11.4 Å². The first-order chi connectivity index (χ1) is 24.1. The van der Waals surface area contributed by atoms with Gasteiger partial charge in [-0.15, -0.1) is 0 Å². The van der Waals surface area contributed by atoms with Gasteiger partial charge in [0, 0.05) is 47.9 Å². The van der Waals surface area contributed by atoms with Gasteiger partial charge in [0.05, 0.1) is 41.0 Å². The molecule has 3 aromatic carbocycles. The Morgan fingerprint density at radius 2 is 1.80 bits per heavy atom. The first kappa shape index (κ1) is 33.8. The largest absolute Gasteiger partial charge is 0.371 e. The molecule has 0 spiro atoms. The highest BCUT2D eigenvalue weighted by Crippen LogP contribution is 2.29. The molecule has 10 nitrogen and oxygen atoms in total. The third-order valence-corrected chi connectivity index (χ3v) is 10.8. The number of fused-ring (bicyclic) bond motifs is 1. The fraction of sp³-hybridized carbons (Fsp3) is 0.297. The molecule has 0 saturated carbocycles. The van der Waals surface area contributed by atoms with Crippen molar-refractivity contribution in [2.24, 2.45) is 5.92 Å². The number of benzene rings is 3. The number of amides is 2. The molecule has 2 aliphatic rings. The molecule has 1 fully saturated rings. The Kier molecular flexibility index (Phi) is 9.40. The van der Waals surface area contributed by atoms with Crippen molar-refractivity contribution < 1.29 is 14.0 Å². The summed E-state index contributed by atoms with van der Waals surface area (Å²) in [5, 5.41) is 7.49. The number of halogens is 3. The number of carbonyl (C=O) groups excluding carboxylic acids is 2. The van der Waals surface area contributed by atoms with Crippen LogP contribution in [0.25, 0.3) is 11.4 Å². The molecule has 2 aromatic heterocycles. The van der Waals surface area contributed by atoms with E-state index < -0.39 is 11.7 Å². The number of carbonyl (C=O) groups is 2. The predicted octanol–water partition coefficient (Wildman–Crippen LogP) is 6.59. The van der Waals surface area contributed by atoms with E-state index in [4.69, 9.17) is 11.6 Å². The zero-order valence-corrected chi connectivity index (χ0v) is 30.0. The van der Waals surface area contributed by atoms with E-state index in [1.165, 1.54) is 21.9 Å². The van der Waals surface area contributed by atoms with Gasteiger partial charge in [-0.1, -0.05) is 36.7 Å². The Balaban J connectivity index is 1.26. The van der Waals surface area contributed by atoms with Crippen molar-refractivity contribution in [2.75, 3.05) is 18.0 Å². The van der Waals surface area contributed by atoms with Crippen molar-refractivity contribution in [1.29, 1.82) is 0 Å². The Bertz CT molecular complexity index is 2140. The van der Waals surface area contributed by atoms with Crippen molar-refractivity contribution in [3.63, 3.8) is 0 Å². The SMILES string of the molecule is C[C@H]1CCCN(c2ccc(-n3c(C(=O)NCc4ccccc4-n4cc(F)cn4)c4n(c3=O)C[C@H](C)N(C(=O)c3ccc(Br)c(Cl)c3)C4)cc2)C1. The minimum atomic E-state index is -0.486. The molecule has 4 heterocycles. The van der Waals surface area contributed by atoms with Crippen LogP contribution in [0.2, 0.25) is 5.02 Å². The first-order valence-electron chi connectivity index (χ1n) is 16.6. The smallest absolute Gasteiger partial charge is 0.333 e. The molecule has 2 amide bonds. The normalized spacial score (nSPS) is 17.5. The lowest BCUT2D eigenvalue weighted by Crippen LogP contribution is -2.47. The molecular weight excluding hydrogens is 725 g/mol. The van der Waals surface area contributed by atoms with Crippen LogP contribution in [0.3, 0.4) is 0 Å². The average Bonchev–Trinajstić information content (AvgIpc) is 3.68. The fourth-order valence-electron chi connectivity index (χ4n) is 6.97. The topological polar surface area (TPSA) is 97.4 Å². The molecule has 0 unspecified atom stereocenters. The second-order valence-corrected chi connectivity index (χ2v) is 14.3. The molecule has 0 bridgehead atoms. The number of aromatic nitrogens is 4. The lowest BCUT2D eigenvalue weighted by Gasteiger charge is -2.34. The number of rotatable bonds is 7. The number of anilines is 1. The van der Waals surface area contributed by atoms with Gasteiger partial charge in [0.15, 0.2) is 5.82 Å². The molecule has 0 radical (unpaired) electrons. The molecule has 13 heteroatoms. The molecule has 5 aromatic rings. The van der Waals surface area contributed by atoms with Crippen LogP contribution in [0.1, 0.15) is 58.8 Å². The number of piperidine rings is 1. The lowest BCUT2D eigenvalue weighted by molar-refractivity contribution is 0.0610. The highest BCUT2D eigenvalue weighted by atomic mass is 79.9. The first-order valence-corrected chi connectivity index (χ1v) is 17.8. The van der Waals surface area contributed by atoms with Gasteiger partial charge >= 0.3 is 5.69 Å². The molecular formula is C37H36BrClFN7O3. The quantitative estimate of drug-likeness (QED) is 0.202.